The topological polar surface area (TPSA) is 33.1 Å². The third-order valence-electron chi connectivity index (χ3n) is 3.08. The van der Waals surface area contributed by atoms with E-state index in [1.54, 1.807) is 6.07 Å². The van der Waals surface area contributed by atoms with Gasteiger partial charge in [0, 0.05) is 0 Å². The molecule has 17 heavy (non-hydrogen) atoms. The van der Waals surface area contributed by atoms with Gasteiger partial charge in [-0.3, -0.25) is 4.98 Å². The lowest BCUT2D eigenvalue weighted by atomic mass is 9.82. The molecule has 1 aromatic rings. The summed E-state index contributed by atoms with van der Waals surface area (Å²) in [7, 11) is 0. The Morgan fingerprint density at radius 3 is 2.29 bits per heavy atom. The maximum Gasteiger partial charge on any atom is 0.141 e. The first-order chi connectivity index (χ1) is 7.77. The fraction of sp³-hybridized carbons (Fsp3) is 0.643. The number of aromatic nitrogens is 1. The molecule has 0 bridgehead atoms. The van der Waals surface area contributed by atoms with Gasteiger partial charge in [0.25, 0.3) is 0 Å². The quantitative estimate of drug-likeness (QED) is 0.870. The van der Waals surface area contributed by atoms with E-state index in [9.17, 15) is 9.50 Å². The van der Waals surface area contributed by atoms with E-state index in [0.717, 1.165) is 12.6 Å². The fourth-order valence-corrected chi connectivity index (χ4v) is 1.72. The molecule has 1 atom stereocenters. The molecule has 0 saturated heterocycles. The maximum absolute atomic E-state index is 12.8. The number of hydrogen-bond acceptors (Lipinski definition) is 2. The summed E-state index contributed by atoms with van der Waals surface area (Å²) in [6.45, 7) is 8.34. The van der Waals surface area contributed by atoms with Crippen LogP contribution in [0.4, 0.5) is 4.39 Å². The molecule has 0 amide bonds. The van der Waals surface area contributed by atoms with Crippen molar-refractivity contribution >= 4 is 0 Å². The van der Waals surface area contributed by atoms with Crippen LogP contribution in [0.2, 0.25) is 0 Å². The predicted octanol–water partition coefficient (Wildman–Crippen LogP) is 3.64. The second-order valence-electron chi connectivity index (χ2n) is 5.81. The SMILES string of the molecule is CCC(O)(CCC(C)(C)C)c1ccc(F)cn1. The van der Waals surface area contributed by atoms with Crippen molar-refractivity contribution in [2.24, 2.45) is 5.41 Å². The van der Waals surface area contributed by atoms with Crippen LogP contribution in [-0.2, 0) is 5.60 Å². The van der Waals surface area contributed by atoms with Crippen LogP contribution in [0.3, 0.4) is 0 Å². The number of nitrogens with zero attached hydrogens (tertiary/aromatic N) is 1. The summed E-state index contributed by atoms with van der Waals surface area (Å²) in [5, 5.41) is 10.6. The Morgan fingerprint density at radius 1 is 1.24 bits per heavy atom. The molecule has 2 nitrogen and oxygen atoms in total. The van der Waals surface area contributed by atoms with Crippen LogP contribution in [0.15, 0.2) is 18.3 Å². The Morgan fingerprint density at radius 2 is 1.88 bits per heavy atom. The standard InChI is InChI=1S/C14H22FNO/c1-5-14(17,9-8-13(2,3)4)12-7-6-11(15)10-16-12/h6-7,10,17H,5,8-9H2,1-4H3. The Labute approximate surface area is 103 Å². The minimum atomic E-state index is -0.943. The fourth-order valence-electron chi connectivity index (χ4n) is 1.72. The molecule has 3 heteroatoms. The number of hydrogen-bond donors (Lipinski definition) is 1. The van der Waals surface area contributed by atoms with Gasteiger partial charge < -0.3 is 5.11 Å². The van der Waals surface area contributed by atoms with E-state index >= 15 is 0 Å². The zero-order chi connectivity index (χ0) is 13.1. The highest BCUT2D eigenvalue weighted by Crippen LogP contribution is 2.33. The average Bonchev–Trinajstić information content (AvgIpc) is 2.26. The van der Waals surface area contributed by atoms with Crippen molar-refractivity contribution in [3.8, 4) is 0 Å². The van der Waals surface area contributed by atoms with Crippen LogP contribution in [0.1, 0.15) is 52.7 Å². The molecule has 1 heterocycles. The Kier molecular flexibility index (Phi) is 4.26. The van der Waals surface area contributed by atoms with Crippen LogP contribution >= 0.6 is 0 Å². The number of halogens is 1. The highest BCUT2D eigenvalue weighted by Gasteiger charge is 2.30. The first-order valence-corrected chi connectivity index (χ1v) is 6.11. The largest absolute Gasteiger partial charge is 0.384 e. The molecular weight excluding hydrogens is 217 g/mol. The number of rotatable bonds is 4. The summed E-state index contributed by atoms with van der Waals surface area (Å²) in [5.74, 6) is -0.372. The van der Waals surface area contributed by atoms with Gasteiger partial charge in [-0.1, -0.05) is 27.7 Å². The zero-order valence-electron chi connectivity index (χ0n) is 11.1. The molecule has 1 rings (SSSR count). The van der Waals surface area contributed by atoms with Gasteiger partial charge in [0.1, 0.15) is 11.4 Å². The third-order valence-corrected chi connectivity index (χ3v) is 3.08. The molecular formula is C14H22FNO. The molecule has 0 saturated carbocycles. The van der Waals surface area contributed by atoms with Crippen LogP contribution in [0.5, 0.6) is 0 Å². The maximum atomic E-state index is 12.8. The van der Waals surface area contributed by atoms with Crippen LogP contribution in [-0.4, -0.2) is 10.1 Å². The molecule has 0 aliphatic carbocycles. The van der Waals surface area contributed by atoms with Crippen molar-refractivity contribution in [1.82, 2.24) is 4.98 Å². The molecule has 1 unspecified atom stereocenters. The summed E-state index contributed by atoms with van der Waals surface area (Å²) >= 11 is 0. The molecule has 0 aliphatic heterocycles. The molecule has 0 aromatic carbocycles. The Bertz CT molecular complexity index is 355. The van der Waals surface area contributed by atoms with Crippen molar-refractivity contribution in [3.05, 3.63) is 29.8 Å². The van der Waals surface area contributed by atoms with Crippen molar-refractivity contribution in [2.45, 2.75) is 52.6 Å². The summed E-state index contributed by atoms with van der Waals surface area (Å²) in [6, 6.07) is 2.92. The number of aliphatic hydroxyl groups is 1. The van der Waals surface area contributed by atoms with Crippen molar-refractivity contribution in [2.75, 3.05) is 0 Å². The summed E-state index contributed by atoms with van der Waals surface area (Å²) in [6.07, 6.45) is 3.29. The molecule has 0 aliphatic rings. The zero-order valence-corrected chi connectivity index (χ0v) is 11.1. The van der Waals surface area contributed by atoms with Crippen molar-refractivity contribution in [3.63, 3.8) is 0 Å². The number of pyridine rings is 1. The molecule has 0 spiro atoms. The molecule has 96 valence electrons. The van der Waals surface area contributed by atoms with Crippen LogP contribution < -0.4 is 0 Å². The minimum absolute atomic E-state index is 0.170. The van der Waals surface area contributed by atoms with Gasteiger partial charge in [0.2, 0.25) is 0 Å². The van der Waals surface area contributed by atoms with Gasteiger partial charge in [-0.05, 0) is 36.8 Å². The van der Waals surface area contributed by atoms with Gasteiger partial charge in [-0.15, -0.1) is 0 Å². The lowest BCUT2D eigenvalue weighted by Gasteiger charge is -2.29. The van der Waals surface area contributed by atoms with Gasteiger partial charge in [0.15, 0.2) is 0 Å². The summed E-state index contributed by atoms with van der Waals surface area (Å²) in [4.78, 5) is 4.00. The van der Waals surface area contributed by atoms with E-state index in [1.165, 1.54) is 6.07 Å². The van der Waals surface area contributed by atoms with Gasteiger partial charge in [0.05, 0.1) is 11.9 Å². The smallest absolute Gasteiger partial charge is 0.141 e. The lowest BCUT2D eigenvalue weighted by molar-refractivity contribution is 0.00858. The first kappa shape index (κ1) is 14.1. The second kappa shape index (κ2) is 5.13. The monoisotopic (exact) mass is 239 g/mol. The minimum Gasteiger partial charge on any atom is -0.384 e. The molecule has 1 N–H and O–H groups in total. The van der Waals surface area contributed by atoms with E-state index < -0.39 is 5.60 Å². The Hall–Kier alpha value is -0.960. The lowest BCUT2D eigenvalue weighted by Crippen LogP contribution is -2.28. The Balaban J connectivity index is 2.84. The molecule has 1 aromatic heterocycles. The van der Waals surface area contributed by atoms with E-state index in [2.05, 4.69) is 25.8 Å². The van der Waals surface area contributed by atoms with Crippen molar-refractivity contribution in [1.29, 1.82) is 0 Å². The normalized spacial score (nSPS) is 15.6. The van der Waals surface area contributed by atoms with Crippen molar-refractivity contribution < 1.29 is 9.50 Å². The van der Waals surface area contributed by atoms with E-state index in [4.69, 9.17) is 0 Å². The van der Waals surface area contributed by atoms with E-state index in [-0.39, 0.29) is 11.2 Å². The average molecular weight is 239 g/mol. The van der Waals surface area contributed by atoms with Crippen LogP contribution in [0.25, 0.3) is 0 Å². The highest BCUT2D eigenvalue weighted by atomic mass is 19.1. The summed E-state index contributed by atoms with van der Waals surface area (Å²) in [5.41, 5.74) is -0.213. The van der Waals surface area contributed by atoms with E-state index in [1.807, 2.05) is 6.92 Å². The van der Waals surface area contributed by atoms with Gasteiger partial charge in [-0.25, -0.2) is 4.39 Å². The van der Waals surface area contributed by atoms with Gasteiger partial charge in [-0.2, -0.15) is 0 Å². The molecule has 0 radical (unpaired) electrons. The predicted molar refractivity (Wildman–Crippen MR) is 67.1 cm³/mol. The van der Waals surface area contributed by atoms with Gasteiger partial charge >= 0.3 is 0 Å². The molecule has 0 fully saturated rings. The summed E-state index contributed by atoms with van der Waals surface area (Å²) < 4.78 is 12.8. The third kappa shape index (κ3) is 4.08. The second-order valence-corrected chi connectivity index (χ2v) is 5.81. The highest BCUT2D eigenvalue weighted by molar-refractivity contribution is 5.13. The van der Waals surface area contributed by atoms with E-state index in [0.29, 0.717) is 18.5 Å². The first-order valence-electron chi connectivity index (χ1n) is 6.11. The van der Waals surface area contributed by atoms with Crippen LogP contribution in [0, 0.1) is 11.2 Å².